The number of hydrogen-bond acceptors (Lipinski definition) is 7. The van der Waals surface area contributed by atoms with Crippen molar-refractivity contribution in [3.05, 3.63) is 48.0 Å². The van der Waals surface area contributed by atoms with Crippen LogP contribution >= 0.6 is 0 Å². The molecule has 4 rings (SSSR count). The minimum absolute atomic E-state index is 0.0503. The Morgan fingerprint density at radius 2 is 1.77 bits per heavy atom. The minimum Gasteiger partial charge on any atom is -0.454 e. The van der Waals surface area contributed by atoms with Crippen molar-refractivity contribution in [1.29, 1.82) is 0 Å². The molecule has 1 atom stereocenters. The predicted molar refractivity (Wildman–Crippen MR) is 113 cm³/mol. The van der Waals surface area contributed by atoms with Gasteiger partial charge in [0, 0.05) is 24.5 Å². The summed E-state index contributed by atoms with van der Waals surface area (Å²) in [7, 11) is 0. The number of nitrogens with one attached hydrogen (secondary N) is 2. The van der Waals surface area contributed by atoms with E-state index in [4.69, 9.17) is 14.2 Å². The molecule has 1 unspecified atom stereocenters. The molecular weight excluding hydrogens is 402 g/mol. The summed E-state index contributed by atoms with van der Waals surface area (Å²) in [5, 5.41) is 14.9. The third-order valence-electron chi connectivity index (χ3n) is 5.15. The molecule has 2 aromatic carbocycles. The van der Waals surface area contributed by atoms with E-state index in [0.717, 1.165) is 24.3 Å². The highest BCUT2D eigenvalue weighted by Gasteiger charge is 2.21. The van der Waals surface area contributed by atoms with Crippen molar-refractivity contribution in [2.75, 3.05) is 49.9 Å². The average Bonchev–Trinajstić information content (AvgIpc) is 3.26. The van der Waals surface area contributed by atoms with E-state index in [9.17, 15) is 14.7 Å². The summed E-state index contributed by atoms with van der Waals surface area (Å²) in [5.41, 5.74) is 2.36. The van der Waals surface area contributed by atoms with Crippen molar-refractivity contribution in [2.24, 2.45) is 0 Å². The number of rotatable bonds is 7. The number of fused-ring (bicyclic) bond motifs is 1. The van der Waals surface area contributed by atoms with Gasteiger partial charge in [0.2, 0.25) is 18.6 Å². The minimum atomic E-state index is -1.06. The Morgan fingerprint density at radius 3 is 2.52 bits per heavy atom. The summed E-state index contributed by atoms with van der Waals surface area (Å²) in [6.45, 7) is 2.70. The Morgan fingerprint density at radius 1 is 1.03 bits per heavy atom. The molecule has 9 heteroatoms. The van der Waals surface area contributed by atoms with E-state index in [1.165, 1.54) is 0 Å². The van der Waals surface area contributed by atoms with E-state index in [1.54, 1.807) is 30.3 Å². The zero-order valence-electron chi connectivity index (χ0n) is 17.0. The number of aliphatic hydroxyl groups excluding tert-OH is 1. The van der Waals surface area contributed by atoms with E-state index in [1.807, 2.05) is 12.1 Å². The van der Waals surface area contributed by atoms with Crippen LogP contribution in [0.15, 0.2) is 42.5 Å². The molecule has 1 fully saturated rings. The first-order chi connectivity index (χ1) is 15.1. The predicted octanol–water partition coefficient (Wildman–Crippen LogP) is 0.910. The average molecular weight is 427 g/mol. The zero-order chi connectivity index (χ0) is 21.6. The topological polar surface area (TPSA) is 109 Å². The molecule has 0 spiro atoms. The molecule has 2 heterocycles. The van der Waals surface area contributed by atoms with Gasteiger partial charge in [-0.05, 0) is 42.0 Å². The number of amides is 2. The summed E-state index contributed by atoms with van der Waals surface area (Å²) in [4.78, 5) is 27.1. The van der Waals surface area contributed by atoms with Crippen LogP contribution in [-0.2, 0) is 20.7 Å². The van der Waals surface area contributed by atoms with Crippen LogP contribution in [0.1, 0.15) is 5.56 Å². The molecular formula is C22H25N3O6. The van der Waals surface area contributed by atoms with Crippen LogP contribution in [0.5, 0.6) is 11.5 Å². The van der Waals surface area contributed by atoms with Gasteiger partial charge in [-0.25, -0.2) is 0 Å². The summed E-state index contributed by atoms with van der Waals surface area (Å²) in [6, 6.07) is 11.6. The zero-order valence-corrected chi connectivity index (χ0v) is 17.0. The lowest BCUT2D eigenvalue weighted by Crippen LogP contribution is -2.46. The lowest BCUT2D eigenvalue weighted by Gasteiger charge is -2.29. The summed E-state index contributed by atoms with van der Waals surface area (Å²) < 4.78 is 15.9. The largest absolute Gasteiger partial charge is 0.454 e. The molecule has 2 aliphatic rings. The maximum Gasteiger partial charge on any atom is 0.249 e. The number of nitrogens with zero attached hydrogens (tertiary/aromatic N) is 1. The van der Waals surface area contributed by atoms with Gasteiger partial charge in [-0.15, -0.1) is 0 Å². The van der Waals surface area contributed by atoms with Gasteiger partial charge >= 0.3 is 0 Å². The van der Waals surface area contributed by atoms with E-state index < -0.39 is 18.6 Å². The first-order valence-corrected chi connectivity index (χ1v) is 10.1. The van der Waals surface area contributed by atoms with Crippen LogP contribution in [0, 0.1) is 0 Å². The highest BCUT2D eigenvalue weighted by atomic mass is 16.7. The fraction of sp³-hybridized carbons (Fsp3) is 0.364. The number of anilines is 2. The third-order valence-corrected chi connectivity index (χ3v) is 5.15. The molecule has 0 aromatic heterocycles. The monoisotopic (exact) mass is 427 g/mol. The first kappa shape index (κ1) is 21.0. The van der Waals surface area contributed by atoms with Gasteiger partial charge in [0.1, 0.15) is 6.04 Å². The Balaban J connectivity index is 1.30. The highest BCUT2D eigenvalue weighted by Crippen LogP contribution is 2.32. The van der Waals surface area contributed by atoms with E-state index in [0.29, 0.717) is 30.4 Å². The number of morpholine rings is 1. The molecule has 3 N–H and O–H groups in total. The number of hydrogen-bond donors (Lipinski definition) is 3. The van der Waals surface area contributed by atoms with Crippen LogP contribution in [0.25, 0.3) is 0 Å². The van der Waals surface area contributed by atoms with Crippen molar-refractivity contribution in [1.82, 2.24) is 5.32 Å². The van der Waals surface area contributed by atoms with Crippen molar-refractivity contribution in [2.45, 2.75) is 12.5 Å². The number of carbonyl (C=O) groups is 2. The summed E-state index contributed by atoms with van der Waals surface area (Å²) in [5.74, 6) is 0.357. The normalized spacial score (nSPS) is 16.0. The van der Waals surface area contributed by atoms with Crippen LogP contribution in [-0.4, -0.2) is 62.7 Å². The highest BCUT2D eigenvalue weighted by molar-refractivity contribution is 5.97. The molecule has 2 aliphatic heterocycles. The lowest BCUT2D eigenvalue weighted by atomic mass is 10.1. The van der Waals surface area contributed by atoms with Crippen LogP contribution in [0.2, 0.25) is 0 Å². The summed E-state index contributed by atoms with van der Waals surface area (Å²) >= 11 is 0. The third kappa shape index (κ3) is 5.25. The number of benzene rings is 2. The van der Waals surface area contributed by atoms with Crippen molar-refractivity contribution >= 4 is 23.2 Å². The van der Waals surface area contributed by atoms with Gasteiger partial charge in [-0.1, -0.05) is 6.07 Å². The number of ether oxygens (including phenoxy) is 3. The van der Waals surface area contributed by atoms with Gasteiger partial charge in [0.25, 0.3) is 0 Å². The smallest absolute Gasteiger partial charge is 0.249 e. The van der Waals surface area contributed by atoms with Crippen molar-refractivity contribution in [3.8, 4) is 11.5 Å². The van der Waals surface area contributed by atoms with Gasteiger partial charge in [0.05, 0.1) is 26.2 Å². The molecule has 164 valence electrons. The van der Waals surface area contributed by atoms with Gasteiger partial charge in [-0.3, -0.25) is 9.59 Å². The first-order valence-electron chi connectivity index (χ1n) is 10.1. The van der Waals surface area contributed by atoms with Gasteiger partial charge in [-0.2, -0.15) is 0 Å². The second-order valence-electron chi connectivity index (χ2n) is 7.30. The van der Waals surface area contributed by atoms with Crippen LogP contribution in [0.4, 0.5) is 11.4 Å². The molecule has 0 saturated carbocycles. The molecule has 1 saturated heterocycles. The Bertz CT molecular complexity index is 927. The Labute approximate surface area is 179 Å². The SMILES string of the molecule is O=C(Cc1ccc2c(c1)OCO2)NC(CO)C(=O)Nc1ccc(N2CCOCC2)cc1. The Hall–Kier alpha value is -3.30. The lowest BCUT2D eigenvalue weighted by molar-refractivity contribution is -0.126. The van der Waals surface area contributed by atoms with Gasteiger partial charge < -0.3 is 34.9 Å². The maximum absolute atomic E-state index is 12.5. The molecule has 0 bridgehead atoms. The second-order valence-corrected chi connectivity index (χ2v) is 7.30. The molecule has 9 nitrogen and oxygen atoms in total. The summed E-state index contributed by atoms with van der Waals surface area (Å²) in [6.07, 6.45) is 0.0503. The van der Waals surface area contributed by atoms with Crippen LogP contribution in [0.3, 0.4) is 0 Å². The standard InChI is InChI=1S/C22H25N3O6/c26-13-18(24-21(27)12-15-1-6-19-20(11-15)31-14-30-19)22(28)23-16-2-4-17(5-3-16)25-7-9-29-10-8-25/h1-6,11,18,26H,7-10,12-14H2,(H,23,28)(H,24,27). The maximum atomic E-state index is 12.5. The number of carbonyl (C=O) groups excluding carboxylic acids is 2. The van der Waals surface area contributed by atoms with Crippen molar-refractivity contribution < 1.29 is 28.9 Å². The number of aliphatic hydroxyl groups is 1. The van der Waals surface area contributed by atoms with E-state index in [2.05, 4.69) is 15.5 Å². The molecule has 0 aliphatic carbocycles. The molecule has 2 amide bonds. The fourth-order valence-corrected chi connectivity index (χ4v) is 3.48. The second kappa shape index (κ2) is 9.67. The molecule has 31 heavy (non-hydrogen) atoms. The van der Waals surface area contributed by atoms with E-state index in [-0.39, 0.29) is 19.1 Å². The van der Waals surface area contributed by atoms with Gasteiger partial charge in [0.15, 0.2) is 11.5 Å². The van der Waals surface area contributed by atoms with E-state index >= 15 is 0 Å². The molecule has 2 aromatic rings. The molecule has 0 radical (unpaired) electrons. The quantitative estimate of drug-likeness (QED) is 0.603. The van der Waals surface area contributed by atoms with Crippen LogP contribution < -0.4 is 25.0 Å². The fourth-order valence-electron chi connectivity index (χ4n) is 3.48. The Kier molecular flexibility index (Phi) is 6.54. The van der Waals surface area contributed by atoms with Crippen molar-refractivity contribution in [3.63, 3.8) is 0 Å².